The molecule has 0 saturated heterocycles. The minimum atomic E-state index is -0.187. The van der Waals surface area contributed by atoms with Crippen LogP contribution in [-0.2, 0) is 0 Å². The molecule has 2 aromatic heterocycles. The molecule has 2 aromatic carbocycles. The van der Waals surface area contributed by atoms with Crippen molar-refractivity contribution in [2.75, 3.05) is 5.32 Å². The van der Waals surface area contributed by atoms with Crippen LogP contribution in [0.2, 0.25) is 0 Å². The lowest BCUT2D eigenvalue weighted by Gasteiger charge is -2.02. The predicted octanol–water partition coefficient (Wildman–Crippen LogP) is 5.19. The van der Waals surface area contributed by atoms with Gasteiger partial charge in [-0.3, -0.25) is 10.1 Å². The number of aromatic nitrogens is 2. The second kappa shape index (κ2) is 6.96. The third-order valence-electron chi connectivity index (χ3n) is 3.55. The van der Waals surface area contributed by atoms with Crippen LogP contribution in [0.15, 0.2) is 72.2 Å². The first-order valence-corrected chi connectivity index (χ1v) is 9.33. The fourth-order valence-corrected chi connectivity index (χ4v) is 3.92. The first-order valence-electron chi connectivity index (χ1n) is 7.64. The lowest BCUT2D eigenvalue weighted by molar-refractivity contribution is 0.103. The van der Waals surface area contributed by atoms with Gasteiger partial charge in [-0.25, -0.2) is 9.97 Å². The Hall–Kier alpha value is -2.83. The van der Waals surface area contributed by atoms with Crippen LogP contribution < -0.4 is 5.32 Å². The van der Waals surface area contributed by atoms with E-state index in [4.69, 9.17) is 4.98 Å². The molecule has 1 N–H and O–H groups in total. The van der Waals surface area contributed by atoms with Crippen LogP contribution in [0, 0.1) is 0 Å². The summed E-state index contributed by atoms with van der Waals surface area (Å²) in [6.07, 6.45) is 1.67. The van der Waals surface area contributed by atoms with Crippen LogP contribution in [0.4, 0.5) is 5.13 Å². The van der Waals surface area contributed by atoms with Gasteiger partial charge in [0.25, 0.3) is 5.91 Å². The van der Waals surface area contributed by atoms with E-state index >= 15 is 0 Å². The molecule has 4 nitrogen and oxygen atoms in total. The number of hydrogen-bond acceptors (Lipinski definition) is 5. The van der Waals surface area contributed by atoms with E-state index in [0.717, 1.165) is 16.1 Å². The van der Waals surface area contributed by atoms with Crippen molar-refractivity contribution in [3.05, 3.63) is 77.1 Å². The molecule has 4 aromatic rings. The molecule has 0 fully saturated rings. The molecular weight excluding hydrogens is 350 g/mol. The van der Waals surface area contributed by atoms with Gasteiger partial charge >= 0.3 is 0 Å². The average molecular weight is 363 g/mol. The number of nitrogens with one attached hydrogen (secondary N) is 1. The SMILES string of the molecule is O=C(Nc1nccs1)c1sc(-c2ccccc2)nc1-c1ccccc1. The van der Waals surface area contributed by atoms with Crippen molar-refractivity contribution in [2.24, 2.45) is 0 Å². The second-order valence-corrected chi connectivity index (χ2v) is 7.11. The summed E-state index contributed by atoms with van der Waals surface area (Å²) >= 11 is 2.78. The van der Waals surface area contributed by atoms with Crippen LogP contribution >= 0.6 is 22.7 Å². The minimum absolute atomic E-state index is 0.187. The average Bonchev–Trinajstić information content (AvgIpc) is 3.33. The van der Waals surface area contributed by atoms with Gasteiger partial charge in [-0.15, -0.1) is 22.7 Å². The zero-order valence-electron chi connectivity index (χ0n) is 13.0. The van der Waals surface area contributed by atoms with Crippen molar-refractivity contribution in [1.29, 1.82) is 0 Å². The number of thiazole rings is 2. The maximum atomic E-state index is 12.8. The normalized spacial score (nSPS) is 10.6. The van der Waals surface area contributed by atoms with Gasteiger partial charge in [-0.05, 0) is 0 Å². The molecule has 25 heavy (non-hydrogen) atoms. The van der Waals surface area contributed by atoms with Crippen LogP contribution in [0.5, 0.6) is 0 Å². The largest absolute Gasteiger partial charge is 0.297 e. The number of carbonyl (C=O) groups excluding carboxylic acids is 1. The monoisotopic (exact) mass is 363 g/mol. The number of anilines is 1. The third kappa shape index (κ3) is 3.35. The van der Waals surface area contributed by atoms with Crippen molar-refractivity contribution in [3.8, 4) is 21.8 Å². The lowest BCUT2D eigenvalue weighted by atomic mass is 10.1. The molecule has 0 bridgehead atoms. The molecule has 122 valence electrons. The zero-order chi connectivity index (χ0) is 17.1. The number of rotatable bonds is 4. The Balaban J connectivity index is 1.78. The van der Waals surface area contributed by atoms with Crippen molar-refractivity contribution in [1.82, 2.24) is 9.97 Å². The summed E-state index contributed by atoms with van der Waals surface area (Å²) in [4.78, 5) is 22.2. The van der Waals surface area contributed by atoms with E-state index < -0.39 is 0 Å². The smallest absolute Gasteiger partial charge is 0.269 e. The Kier molecular flexibility index (Phi) is 4.37. The maximum absolute atomic E-state index is 12.8. The van der Waals surface area contributed by atoms with E-state index in [1.54, 1.807) is 6.20 Å². The predicted molar refractivity (Wildman–Crippen MR) is 103 cm³/mol. The van der Waals surface area contributed by atoms with Gasteiger partial charge in [0.05, 0.1) is 5.69 Å². The summed E-state index contributed by atoms with van der Waals surface area (Å²) in [5.41, 5.74) is 2.61. The molecule has 0 unspecified atom stereocenters. The highest BCUT2D eigenvalue weighted by Gasteiger charge is 2.20. The molecule has 0 radical (unpaired) electrons. The van der Waals surface area contributed by atoms with Crippen molar-refractivity contribution >= 4 is 33.7 Å². The number of carbonyl (C=O) groups is 1. The summed E-state index contributed by atoms with van der Waals surface area (Å²) in [6, 6.07) is 19.6. The molecule has 0 atom stereocenters. The maximum Gasteiger partial charge on any atom is 0.269 e. The summed E-state index contributed by atoms with van der Waals surface area (Å²) in [6.45, 7) is 0. The van der Waals surface area contributed by atoms with Crippen molar-refractivity contribution in [3.63, 3.8) is 0 Å². The summed E-state index contributed by atoms with van der Waals surface area (Å²) in [5.74, 6) is -0.187. The highest BCUT2D eigenvalue weighted by Crippen LogP contribution is 2.34. The summed E-state index contributed by atoms with van der Waals surface area (Å²) in [7, 11) is 0. The van der Waals surface area contributed by atoms with Gasteiger partial charge in [0.2, 0.25) is 0 Å². The molecule has 0 spiro atoms. The Morgan fingerprint density at radius 3 is 2.24 bits per heavy atom. The minimum Gasteiger partial charge on any atom is -0.297 e. The second-order valence-electron chi connectivity index (χ2n) is 5.22. The Morgan fingerprint density at radius 1 is 0.920 bits per heavy atom. The van der Waals surface area contributed by atoms with Crippen LogP contribution in [-0.4, -0.2) is 15.9 Å². The van der Waals surface area contributed by atoms with Gasteiger partial charge in [0, 0.05) is 22.7 Å². The van der Waals surface area contributed by atoms with E-state index in [-0.39, 0.29) is 5.91 Å². The fourth-order valence-electron chi connectivity index (χ4n) is 2.41. The van der Waals surface area contributed by atoms with E-state index in [1.165, 1.54) is 22.7 Å². The molecule has 0 aliphatic carbocycles. The van der Waals surface area contributed by atoms with Gasteiger partial charge in [-0.2, -0.15) is 0 Å². The number of amides is 1. The van der Waals surface area contributed by atoms with E-state index in [9.17, 15) is 4.79 Å². The quantitative estimate of drug-likeness (QED) is 0.543. The van der Waals surface area contributed by atoms with Gasteiger partial charge in [-0.1, -0.05) is 60.7 Å². The molecule has 2 heterocycles. The van der Waals surface area contributed by atoms with Gasteiger partial charge in [0.1, 0.15) is 9.88 Å². The molecule has 4 rings (SSSR count). The first kappa shape index (κ1) is 15.7. The number of hydrogen-bond donors (Lipinski definition) is 1. The summed E-state index contributed by atoms with van der Waals surface area (Å²) in [5, 5.41) is 6.09. The fraction of sp³-hybridized carbons (Fsp3) is 0. The van der Waals surface area contributed by atoms with Gasteiger partial charge in [0.15, 0.2) is 5.13 Å². The third-order valence-corrected chi connectivity index (χ3v) is 5.35. The molecule has 0 saturated carbocycles. The topological polar surface area (TPSA) is 54.9 Å². The van der Waals surface area contributed by atoms with E-state index in [2.05, 4.69) is 10.3 Å². The van der Waals surface area contributed by atoms with E-state index in [0.29, 0.717) is 15.7 Å². The summed E-state index contributed by atoms with van der Waals surface area (Å²) < 4.78 is 0. The molecule has 0 aliphatic rings. The molecular formula is C19H13N3OS2. The van der Waals surface area contributed by atoms with Gasteiger partial charge < -0.3 is 0 Å². The van der Waals surface area contributed by atoms with Crippen LogP contribution in [0.1, 0.15) is 9.67 Å². The molecule has 0 aliphatic heterocycles. The molecule has 1 amide bonds. The standard InChI is InChI=1S/C19H13N3OS2/c23-17(22-19-20-11-12-24-19)16-15(13-7-3-1-4-8-13)21-18(25-16)14-9-5-2-6-10-14/h1-12H,(H,20,22,23). The highest BCUT2D eigenvalue weighted by molar-refractivity contribution is 7.18. The van der Waals surface area contributed by atoms with Crippen LogP contribution in [0.3, 0.4) is 0 Å². The highest BCUT2D eigenvalue weighted by atomic mass is 32.1. The van der Waals surface area contributed by atoms with Crippen LogP contribution in [0.25, 0.3) is 21.8 Å². The lowest BCUT2D eigenvalue weighted by Crippen LogP contribution is -2.11. The van der Waals surface area contributed by atoms with E-state index in [1.807, 2.05) is 66.0 Å². The van der Waals surface area contributed by atoms with Crippen molar-refractivity contribution < 1.29 is 4.79 Å². The van der Waals surface area contributed by atoms with Crippen molar-refractivity contribution in [2.45, 2.75) is 0 Å². The number of nitrogens with zero attached hydrogens (tertiary/aromatic N) is 2. The Morgan fingerprint density at radius 2 is 1.60 bits per heavy atom. The zero-order valence-corrected chi connectivity index (χ0v) is 14.7. The Labute approximate surface area is 152 Å². The number of benzene rings is 2. The molecule has 6 heteroatoms. The first-order chi connectivity index (χ1) is 12.3. The Bertz CT molecular complexity index is 980.